The Hall–Kier alpha value is -1.35. The van der Waals surface area contributed by atoms with Crippen molar-refractivity contribution < 1.29 is 15.0 Å². The van der Waals surface area contributed by atoms with Crippen molar-refractivity contribution in [2.75, 3.05) is 0 Å². The number of aliphatic carboxylic acids is 1. The Morgan fingerprint density at radius 1 is 1.00 bits per heavy atom. The Bertz CT molecular complexity index is 329. The molecule has 0 amide bonds. The minimum Gasteiger partial charge on any atom is -0.481 e. The van der Waals surface area contributed by atoms with Crippen LogP contribution >= 0.6 is 0 Å². The van der Waals surface area contributed by atoms with E-state index in [2.05, 4.69) is 19.1 Å². The number of rotatable bonds is 13. The van der Waals surface area contributed by atoms with Crippen molar-refractivity contribution in [2.24, 2.45) is 0 Å². The lowest BCUT2D eigenvalue weighted by atomic mass is 10.1. The van der Waals surface area contributed by atoms with Crippen LogP contribution in [0.25, 0.3) is 0 Å². The average Bonchev–Trinajstić information content (AvgIpc) is 2.44. The van der Waals surface area contributed by atoms with Crippen molar-refractivity contribution in [1.29, 1.82) is 0 Å². The van der Waals surface area contributed by atoms with Gasteiger partial charge in [0.2, 0.25) is 0 Å². The van der Waals surface area contributed by atoms with E-state index in [4.69, 9.17) is 5.11 Å². The third kappa shape index (κ3) is 16.6. The molecule has 0 saturated heterocycles. The standard InChI is InChI=1S/C18H30O3/c1-2-3-11-14-17(19)15-12-9-7-5-4-6-8-10-13-16-18(20)21/h3,7,9,11-12,15,17,19H,2,4-6,8,10,13-14,16H2,1H3,(H,20,21)/b9-7+,11-3+,15-12+. The maximum Gasteiger partial charge on any atom is 0.303 e. The van der Waals surface area contributed by atoms with Crippen LogP contribution < -0.4 is 0 Å². The summed E-state index contributed by atoms with van der Waals surface area (Å²) in [6.07, 6.45) is 19.7. The predicted molar refractivity (Wildman–Crippen MR) is 88.3 cm³/mol. The lowest BCUT2D eigenvalue weighted by Gasteiger charge is -1.99. The molecule has 0 aromatic rings. The number of carboxylic acid groups (broad SMARTS) is 1. The van der Waals surface area contributed by atoms with Gasteiger partial charge in [0.05, 0.1) is 6.10 Å². The highest BCUT2D eigenvalue weighted by atomic mass is 16.4. The maximum absolute atomic E-state index is 10.3. The molecular weight excluding hydrogens is 264 g/mol. The van der Waals surface area contributed by atoms with E-state index in [1.807, 2.05) is 24.3 Å². The van der Waals surface area contributed by atoms with Gasteiger partial charge in [-0.25, -0.2) is 0 Å². The molecule has 0 fully saturated rings. The molecule has 0 aliphatic heterocycles. The first-order valence-corrected chi connectivity index (χ1v) is 8.05. The van der Waals surface area contributed by atoms with Crippen LogP contribution in [-0.4, -0.2) is 22.3 Å². The van der Waals surface area contributed by atoms with Crippen LogP contribution in [0, 0.1) is 0 Å². The fraction of sp³-hybridized carbons (Fsp3) is 0.611. The molecule has 0 saturated carbocycles. The molecule has 0 rings (SSSR count). The zero-order chi connectivity index (χ0) is 15.8. The van der Waals surface area contributed by atoms with Crippen molar-refractivity contribution >= 4 is 5.97 Å². The van der Waals surface area contributed by atoms with E-state index in [1.54, 1.807) is 0 Å². The second-order valence-electron chi connectivity index (χ2n) is 5.20. The Balaban J connectivity index is 3.43. The van der Waals surface area contributed by atoms with Crippen molar-refractivity contribution in [1.82, 2.24) is 0 Å². The summed E-state index contributed by atoms with van der Waals surface area (Å²) in [5.74, 6) is -0.697. The first-order chi connectivity index (χ1) is 10.2. The van der Waals surface area contributed by atoms with Crippen molar-refractivity contribution in [2.45, 2.75) is 70.8 Å². The van der Waals surface area contributed by atoms with Gasteiger partial charge >= 0.3 is 5.97 Å². The lowest BCUT2D eigenvalue weighted by molar-refractivity contribution is -0.137. The number of hydrogen-bond donors (Lipinski definition) is 2. The largest absolute Gasteiger partial charge is 0.481 e. The number of carbonyl (C=O) groups is 1. The van der Waals surface area contributed by atoms with E-state index >= 15 is 0 Å². The molecule has 0 spiro atoms. The Kier molecular flexibility index (Phi) is 14.1. The first kappa shape index (κ1) is 19.7. The van der Waals surface area contributed by atoms with Gasteiger partial charge in [0, 0.05) is 6.42 Å². The van der Waals surface area contributed by atoms with E-state index in [-0.39, 0.29) is 0 Å². The van der Waals surface area contributed by atoms with Crippen LogP contribution in [0.5, 0.6) is 0 Å². The lowest BCUT2D eigenvalue weighted by Crippen LogP contribution is -1.98. The fourth-order valence-corrected chi connectivity index (χ4v) is 1.92. The van der Waals surface area contributed by atoms with E-state index in [0.717, 1.165) is 44.9 Å². The van der Waals surface area contributed by atoms with E-state index in [0.29, 0.717) is 12.8 Å². The molecule has 0 bridgehead atoms. The summed E-state index contributed by atoms with van der Waals surface area (Å²) in [4.78, 5) is 10.3. The SMILES string of the molecule is CC/C=C/CC(O)/C=C/C=C/CCCCCCCC(=O)O. The molecule has 1 atom stereocenters. The summed E-state index contributed by atoms with van der Waals surface area (Å²) < 4.78 is 0. The number of allylic oxidation sites excluding steroid dienone is 4. The molecule has 0 aromatic carbocycles. The van der Waals surface area contributed by atoms with Gasteiger partial charge in [-0.2, -0.15) is 0 Å². The third-order valence-corrected chi connectivity index (χ3v) is 3.12. The van der Waals surface area contributed by atoms with E-state index in [9.17, 15) is 9.90 Å². The van der Waals surface area contributed by atoms with Crippen LogP contribution in [0.15, 0.2) is 36.5 Å². The molecule has 1 unspecified atom stereocenters. The first-order valence-electron chi connectivity index (χ1n) is 8.05. The van der Waals surface area contributed by atoms with Gasteiger partial charge in [0.25, 0.3) is 0 Å². The quantitative estimate of drug-likeness (QED) is 0.296. The highest BCUT2D eigenvalue weighted by Gasteiger charge is 1.96. The van der Waals surface area contributed by atoms with Gasteiger partial charge < -0.3 is 10.2 Å². The highest BCUT2D eigenvalue weighted by Crippen LogP contribution is 2.07. The van der Waals surface area contributed by atoms with Gasteiger partial charge in [-0.1, -0.05) is 62.6 Å². The van der Waals surface area contributed by atoms with E-state index < -0.39 is 12.1 Å². The zero-order valence-corrected chi connectivity index (χ0v) is 13.2. The molecule has 0 aliphatic rings. The highest BCUT2D eigenvalue weighted by molar-refractivity contribution is 5.66. The summed E-state index contributed by atoms with van der Waals surface area (Å²) >= 11 is 0. The molecule has 0 heterocycles. The monoisotopic (exact) mass is 294 g/mol. The number of aliphatic hydroxyl groups is 1. The van der Waals surface area contributed by atoms with Crippen molar-refractivity contribution in [3.05, 3.63) is 36.5 Å². The molecule has 3 heteroatoms. The Morgan fingerprint density at radius 3 is 2.43 bits per heavy atom. The maximum atomic E-state index is 10.3. The average molecular weight is 294 g/mol. The molecule has 21 heavy (non-hydrogen) atoms. The second kappa shape index (κ2) is 15.0. The number of carboxylic acids is 1. The molecule has 3 nitrogen and oxygen atoms in total. The minimum atomic E-state index is -0.697. The van der Waals surface area contributed by atoms with Crippen LogP contribution in [0.2, 0.25) is 0 Å². The molecule has 0 aromatic heterocycles. The zero-order valence-electron chi connectivity index (χ0n) is 13.2. The summed E-state index contributed by atoms with van der Waals surface area (Å²) in [6.45, 7) is 2.08. The number of aliphatic hydroxyl groups excluding tert-OH is 1. The predicted octanol–water partition coefficient (Wildman–Crippen LogP) is 4.63. The number of hydrogen-bond acceptors (Lipinski definition) is 2. The molecule has 0 aliphatic carbocycles. The summed E-state index contributed by atoms with van der Waals surface area (Å²) in [7, 11) is 0. The Morgan fingerprint density at radius 2 is 1.71 bits per heavy atom. The third-order valence-electron chi connectivity index (χ3n) is 3.12. The van der Waals surface area contributed by atoms with Crippen LogP contribution in [0.4, 0.5) is 0 Å². The minimum absolute atomic E-state index is 0.292. The van der Waals surface area contributed by atoms with E-state index in [1.165, 1.54) is 0 Å². The summed E-state index contributed by atoms with van der Waals surface area (Å²) in [5.41, 5.74) is 0. The van der Waals surface area contributed by atoms with Gasteiger partial charge in [-0.15, -0.1) is 0 Å². The normalized spacial score (nSPS) is 13.6. The molecule has 120 valence electrons. The second-order valence-corrected chi connectivity index (χ2v) is 5.20. The molecule has 0 radical (unpaired) electrons. The van der Waals surface area contributed by atoms with Crippen molar-refractivity contribution in [3.8, 4) is 0 Å². The van der Waals surface area contributed by atoms with Crippen LogP contribution in [0.1, 0.15) is 64.7 Å². The topological polar surface area (TPSA) is 57.5 Å². The molecule has 2 N–H and O–H groups in total. The van der Waals surface area contributed by atoms with Crippen LogP contribution in [0.3, 0.4) is 0 Å². The van der Waals surface area contributed by atoms with Gasteiger partial charge in [-0.3, -0.25) is 4.79 Å². The summed E-state index contributed by atoms with van der Waals surface area (Å²) in [6, 6.07) is 0. The Labute approximate surface area is 129 Å². The van der Waals surface area contributed by atoms with Crippen molar-refractivity contribution in [3.63, 3.8) is 0 Å². The smallest absolute Gasteiger partial charge is 0.303 e. The number of unbranched alkanes of at least 4 members (excludes halogenated alkanes) is 5. The van der Waals surface area contributed by atoms with Gasteiger partial charge in [0.15, 0.2) is 0 Å². The summed E-state index contributed by atoms with van der Waals surface area (Å²) in [5, 5.41) is 18.1. The van der Waals surface area contributed by atoms with Gasteiger partial charge in [-0.05, 0) is 32.1 Å². The van der Waals surface area contributed by atoms with Crippen LogP contribution in [-0.2, 0) is 4.79 Å². The molecular formula is C18H30O3. The fourth-order valence-electron chi connectivity index (χ4n) is 1.92. The van der Waals surface area contributed by atoms with Gasteiger partial charge in [0.1, 0.15) is 0 Å².